The first kappa shape index (κ1) is 17.4. The zero-order valence-corrected chi connectivity index (χ0v) is 13.9. The number of nitrogens with zero attached hydrogens (tertiary/aromatic N) is 3. The number of carbonyl (C=O) groups excluding carboxylic acids is 2. The lowest BCUT2D eigenvalue weighted by Crippen LogP contribution is -2.50. The maximum absolute atomic E-state index is 12.3. The summed E-state index contributed by atoms with van der Waals surface area (Å²) < 4.78 is 5.11. The van der Waals surface area contributed by atoms with Crippen LogP contribution in [0, 0.1) is 10.1 Å². The number of hydrogen-bond acceptors (Lipinski definition) is 5. The predicted molar refractivity (Wildman–Crippen MR) is 93.3 cm³/mol. The molecule has 1 aliphatic rings. The monoisotopic (exact) mass is 355 g/mol. The van der Waals surface area contributed by atoms with Gasteiger partial charge < -0.3 is 14.2 Å². The topological polar surface area (TPSA) is 96.9 Å². The summed E-state index contributed by atoms with van der Waals surface area (Å²) in [6.07, 6.45) is 4.51. The molecule has 1 aromatic heterocycles. The lowest BCUT2D eigenvalue weighted by molar-refractivity contribution is -0.384. The number of piperazine rings is 1. The molecule has 134 valence electrons. The number of furan rings is 1. The zero-order valence-electron chi connectivity index (χ0n) is 13.9. The molecule has 0 aliphatic carbocycles. The van der Waals surface area contributed by atoms with Gasteiger partial charge in [-0.05, 0) is 35.9 Å². The zero-order chi connectivity index (χ0) is 18.5. The largest absolute Gasteiger partial charge is 0.459 e. The van der Waals surface area contributed by atoms with E-state index in [1.165, 1.54) is 24.5 Å². The number of nitro benzene ring substituents is 1. The molecule has 1 fully saturated rings. The van der Waals surface area contributed by atoms with E-state index in [1.807, 2.05) is 0 Å². The summed E-state index contributed by atoms with van der Waals surface area (Å²) in [5, 5.41) is 10.6. The van der Waals surface area contributed by atoms with Gasteiger partial charge in [0.05, 0.1) is 11.2 Å². The second-order valence-corrected chi connectivity index (χ2v) is 5.78. The molecule has 8 nitrogen and oxygen atoms in total. The van der Waals surface area contributed by atoms with Gasteiger partial charge in [-0.1, -0.05) is 0 Å². The number of hydrogen-bond donors (Lipinski definition) is 0. The highest BCUT2D eigenvalue weighted by Gasteiger charge is 2.25. The lowest BCUT2D eigenvalue weighted by Gasteiger charge is -2.33. The second-order valence-electron chi connectivity index (χ2n) is 5.78. The van der Waals surface area contributed by atoms with Gasteiger partial charge in [-0.15, -0.1) is 0 Å². The van der Waals surface area contributed by atoms with E-state index in [9.17, 15) is 19.7 Å². The van der Waals surface area contributed by atoms with Gasteiger partial charge in [0.25, 0.3) is 11.6 Å². The number of amides is 2. The van der Waals surface area contributed by atoms with Gasteiger partial charge in [0.2, 0.25) is 5.91 Å². The van der Waals surface area contributed by atoms with Gasteiger partial charge in [-0.2, -0.15) is 0 Å². The molecular formula is C18H17N3O5. The third-order valence-electron chi connectivity index (χ3n) is 4.13. The van der Waals surface area contributed by atoms with Crippen LogP contribution in [0.15, 0.2) is 53.2 Å². The average molecular weight is 355 g/mol. The molecule has 0 bridgehead atoms. The molecule has 3 rings (SSSR count). The van der Waals surface area contributed by atoms with Crippen molar-refractivity contribution in [2.24, 2.45) is 0 Å². The summed E-state index contributed by atoms with van der Waals surface area (Å²) in [4.78, 5) is 37.9. The summed E-state index contributed by atoms with van der Waals surface area (Å²) in [6, 6.07) is 9.24. The first-order valence-corrected chi connectivity index (χ1v) is 8.09. The Kier molecular flexibility index (Phi) is 5.12. The Labute approximate surface area is 149 Å². The number of benzene rings is 1. The van der Waals surface area contributed by atoms with E-state index in [2.05, 4.69) is 0 Å². The molecule has 8 heteroatoms. The number of rotatable bonds is 4. The summed E-state index contributed by atoms with van der Waals surface area (Å²) in [5.41, 5.74) is 0.710. The minimum atomic E-state index is -0.470. The molecule has 1 aliphatic heterocycles. The minimum Gasteiger partial charge on any atom is -0.459 e. The lowest BCUT2D eigenvalue weighted by atomic mass is 10.2. The Balaban J connectivity index is 1.53. The fraction of sp³-hybridized carbons (Fsp3) is 0.222. The summed E-state index contributed by atoms with van der Waals surface area (Å²) >= 11 is 0. The Bertz CT molecular complexity index is 819. The molecule has 2 heterocycles. The van der Waals surface area contributed by atoms with Crippen molar-refractivity contribution in [1.29, 1.82) is 0 Å². The van der Waals surface area contributed by atoms with Crippen molar-refractivity contribution >= 4 is 23.6 Å². The summed E-state index contributed by atoms with van der Waals surface area (Å²) in [7, 11) is 0. The molecule has 2 amide bonds. The first-order chi connectivity index (χ1) is 12.5. The highest BCUT2D eigenvalue weighted by molar-refractivity contribution is 5.93. The number of non-ortho nitro benzene ring substituents is 1. The van der Waals surface area contributed by atoms with Crippen LogP contribution in [0.3, 0.4) is 0 Å². The standard InChI is InChI=1S/C18H17N3O5/c22-17(8-5-14-3-6-15(7-4-14)21(24)25)19-9-11-20(12-10-19)18(23)16-2-1-13-26-16/h1-8,13H,9-12H2/b8-5+. The molecule has 0 spiro atoms. The van der Waals surface area contributed by atoms with Gasteiger partial charge in [0.15, 0.2) is 5.76 Å². The Morgan fingerprint density at radius 2 is 1.69 bits per heavy atom. The molecule has 0 saturated carbocycles. The molecule has 1 aromatic carbocycles. The number of nitro groups is 1. The van der Waals surface area contributed by atoms with E-state index in [-0.39, 0.29) is 17.5 Å². The van der Waals surface area contributed by atoms with Crippen LogP contribution in [0.1, 0.15) is 16.1 Å². The van der Waals surface area contributed by atoms with E-state index >= 15 is 0 Å². The van der Waals surface area contributed by atoms with Crippen molar-refractivity contribution in [1.82, 2.24) is 9.80 Å². The molecule has 0 N–H and O–H groups in total. The van der Waals surface area contributed by atoms with Crippen LogP contribution in [-0.4, -0.2) is 52.7 Å². The van der Waals surface area contributed by atoms with Crippen molar-refractivity contribution in [2.45, 2.75) is 0 Å². The van der Waals surface area contributed by atoms with E-state index in [0.29, 0.717) is 37.5 Å². The third kappa shape index (κ3) is 3.97. The fourth-order valence-electron chi connectivity index (χ4n) is 2.67. The minimum absolute atomic E-state index is 0.00539. The van der Waals surface area contributed by atoms with Crippen molar-refractivity contribution in [3.63, 3.8) is 0 Å². The van der Waals surface area contributed by atoms with E-state index in [0.717, 1.165) is 0 Å². The van der Waals surface area contributed by atoms with Crippen LogP contribution in [-0.2, 0) is 4.79 Å². The summed E-state index contributed by atoms with van der Waals surface area (Å²) in [5.74, 6) is -0.0418. The fourth-order valence-corrected chi connectivity index (χ4v) is 2.67. The highest BCUT2D eigenvalue weighted by atomic mass is 16.6. The van der Waals surface area contributed by atoms with Crippen LogP contribution >= 0.6 is 0 Å². The quantitative estimate of drug-likeness (QED) is 0.476. The molecule has 0 unspecified atom stereocenters. The van der Waals surface area contributed by atoms with Crippen molar-refractivity contribution < 1.29 is 18.9 Å². The van der Waals surface area contributed by atoms with Crippen LogP contribution in [0.4, 0.5) is 5.69 Å². The van der Waals surface area contributed by atoms with Gasteiger partial charge in [-0.25, -0.2) is 0 Å². The van der Waals surface area contributed by atoms with E-state index in [4.69, 9.17) is 4.42 Å². The van der Waals surface area contributed by atoms with Crippen LogP contribution in [0.5, 0.6) is 0 Å². The molecule has 0 radical (unpaired) electrons. The maximum Gasteiger partial charge on any atom is 0.289 e. The van der Waals surface area contributed by atoms with Gasteiger partial charge in [0.1, 0.15) is 0 Å². The van der Waals surface area contributed by atoms with Crippen molar-refractivity contribution in [2.75, 3.05) is 26.2 Å². The van der Waals surface area contributed by atoms with Crippen molar-refractivity contribution in [3.8, 4) is 0 Å². The predicted octanol–water partition coefficient (Wildman–Crippen LogP) is 2.19. The molecular weight excluding hydrogens is 338 g/mol. The molecule has 2 aromatic rings. The van der Waals surface area contributed by atoms with Gasteiger partial charge >= 0.3 is 0 Å². The average Bonchev–Trinajstić information content (AvgIpc) is 3.20. The smallest absolute Gasteiger partial charge is 0.289 e. The van der Waals surface area contributed by atoms with Crippen molar-refractivity contribution in [3.05, 3.63) is 70.2 Å². The van der Waals surface area contributed by atoms with E-state index < -0.39 is 4.92 Å². The normalized spacial score (nSPS) is 14.6. The van der Waals surface area contributed by atoms with Gasteiger partial charge in [0, 0.05) is 44.4 Å². The SMILES string of the molecule is O=C(/C=C/c1ccc([N+](=O)[O-])cc1)N1CCN(C(=O)c2ccco2)CC1. The first-order valence-electron chi connectivity index (χ1n) is 8.09. The summed E-state index contributed by atoms with van der Waals surface area (Å²) in [6.45, 7) is 1.76. The third-order valence-corrected chi connectivity index (χ3v) is 4.13. The Morgan fingerprint density at radius 1 is 1.04 bits per heavy atom. The molecule has 0 atom stereocenters. The Morgan fingerprint density at radius 3 is 2.27 bits per heavy atom. The van der Waals surface area contributed by atoms with E-state index in [1.54, 1.807) is 40.1 Å². The van der Waals surface area contributed by atoms with Crippen LogP contribution in [0.2, 0.25) is 0 Å². The molecule has 1 saturated heterocycles. The van der Waals surface area contributed by atoms with Crippen LogP contribution in [0.25, 0.3) is 6.08 Å². The van der Waals surface area contributed by atoms with Crippen LogP contribution < -0.4 is 0 Å². The number of carbonyl (C=O) groups is 2. The second kappa shape index (κ2) is 7.64. The van der Waals surface area contributed by atoms with Gasteiger partial charge in [-0.3, -0.25) is 19.7 Å². The maximum atomic E-state index is 12.3. The molecule has 26 heavy (non-hydrogen) atoms. The Hall–Kier alpha value is -3.42. The highest BCUT2D eigenvalue weighted by Crippen LogP contribution is 2.14.